The van der Waals surface area contributed by atoms with Crippen LogP contribution in [0.5, 0.6) is 5.75 Å². The molecule has 0 fully saturated rings. The number of anilines is 1. The van der Waals surface area contributed by atoms with E-state index in [-0.39, 0.29) is 0 Å². The molecule has 0 aromatic carbocycles. The number of methoxy groups -OCH3 is 1. The van der Waals surface area contributed by atoms with Gasteiger partial charge in [0.2, 0.25) is 0 Å². The van der Waals surface area contributed by atoms with Crippen molar-refractivity contribution in [1.29, 1.82) is 0 Å². The first-order valence-electron chi connectivity index (χ1n) is 5.81. The summed E-state index contributed by atoms with van der Waals surface area (Å²) in [6, 6.07) is 2.02. The fraction of sp³-hybridized carbons (Fsp3) is 0.308. The number of nitrogens with zero attached hydrogens (tertiary/aromatic N) is 3. The average molecular weight is 244 g/mol. The summed E-state index contributed by atoms with van der Waals surface area (Å²) in [6.07, 6.45) is 5.11. The highest BCUT2D eigenvalue weighted by molar-refractivity contribution is 5.72. The molecule has 2 rings (SSSR count). The maximum atomic E-state index is 5.41. The van der Waals surface area contributed by atoms with Crippen LogP contribution >= 0.6 is 0 Å². The van der Waals surface area contributed by atoms with E-state index in [1.54, 1.807) is 13.3 Å². The minimum Gasteiger partial charge on any atom is -0.491 e. The zero-order chi connectivity index (χ0) is 13.0. The van der Waals surface area contributed by atoms with E-state index < -0.39 is 0 Å². The number of ether oxygens (including phenoxy) is 1. The quantitative estimate of drug-likeness (QED) is 0.894. The van der Waals surface area contributed by atoms with Crippen molar-refractivity contribution in [2.24, 2.45) is 0 Å². The minimum absolute atomic E-state index is 0.645. The van der Waals surface area contributed by atoms with E-state index >= 15 is 0 Å². The van der Waals surface area contributed by atoms with Crippen LogP contribution in [-0.2, 0) is 0 Å². The van der Waals surface area contributed by atoms with E-state index in [0.29, 0.717) is 11.6 Å². The smallest absolute Gasteiger partial charge is 0.187 e. The summed E-state index contributed by atoms with van der Waals surface area (Å²) in [7, 11) is 1.62. The van der Waals surface area contributed by atoms with Gasteiger partial charge in [0.15, 0.2) is 11.6 Å². The summed E-state index contributed by atoms with van der Waals surface area (Å²) < 4.78 is 5.41. The molecule has 5 heteroatoms. The van der Waals surface area contributed by atoms with Crippen molar-refractivity contribution in [3.05, 3.63) is 30.4 Å². The van der Waals surface area contributed by atoms with Crippen LogP contribution in [0, 0.1) is 6.92 Å². The molecule has 0 aliphatic carbocycles. The summed E-state index contributed by atoms with van der Waals surface area (Å²) >= 11 is 0. The van der Waals surface area contributed by atoms with Crippen molar-refractivity contribution in [2.45, 2.75) is 13.8 Å². The first-order chi connectivity index (χ1) is 8.76. The molecule has 94 valence electrons. The Labute approximate surface area is 106 Å². The van der Waals surface area contributed by atoms with Gasteiger partial charge in [-0.3, -0.25) is 4.98 Å². The molecule has 0 amide bonds. The molecule has 0 spiro atoms. The van der Waals surface area contributed by atoms with Crippen LogP contribution in [0.25, 0.3) is 11.3 Å². The van der Waals surface area contributed by atoms with Crippen LogP contribution in [0.1, 0.15) is 12.5 Å². The van der Waals surface area contributed by atoms with E-state index in [9.17, 15) is 0 Å². The topological polar surface area (TPSA) is 59.9 Å². The van der Waals surface area contributed by atoms with Crippen LogP contribution in [0.4, 0.5) is 5.82 Å². The Kier molecular flexibility index (Phi) is 3.72. The van der Waals surface area contributed by atoms with Gasteiger partial charge in [-0.1, -0.05) is 0 Å². The molecular formula is C13H16N4O. The Morgan fingerprint density at radius 2 is 2.11 bits per heavy atom. The standard InChI is InChI=1S/C13H16N4O/c1-4-15-13-12(18-3)11(16-8-17-13)10-5-9(2)6-14-7-10/h5-8H,4H2,1-3H3,(H,15,16,17). The second-order valence-electron chi connectivity index (χ2n) is 3.89. The zero-order valence-corrected chi connectivity index (χ0v) is 10.8. The lowest BCUT2D eigenvalue weighted by Gasteiger charge is -2.12. The van der Waals surface area contributed by atoms with Crippen molar-refractivity contribution in [1.82, 2.24) is 15.0 Å². The number of nitrogens with one attached hydrogen (secondary N) is 1. The Hall–Kier alpha value is -2.17. The molecule has 0 aliphatic heterocycles. The number of hydrogen-bond donors (Lipinski definition) is 1. The van der Waals surface area contributed by atoms with Crippen molar-refractivity contribution >= 4 is 5.82 Å². The van der Waals surface area contributed by atoms with E-state index in [1.807, 2.05) is 26.1 Å². The number of rotatable bonds is 4. The molecule has 5 nitrogen and oxygen atoms in total. The number of pyridine rings is 1. The van der Waals surface area contributed by atoms with Gasteiger partial charge in [-0.15, -0.1) is 0 Å². The largest absolute Gasteiger partial charge is 0.491 e. The molecule has 2 aromatic heterocycles. The number of aryl methyl sites for hydroxylation is 1. The highest BCUT2D eigenvalue weighted by Crippen LogP contribution is 2.32. The fourth-order valence-corrected chi connectivity index (χ4v) is 1.75. The predicted octanol–water partition coefficient (Wildman–Crippen LogP) is 2.29. The first-order valence-corrected chi connectivity index (χ1v) is 5.81. The second kappa shape index (κ2) is 5.44. The minimum atomic E-state index is 0.645. The van der Waals surface area contributed by atoms with Crippen LogP contribution in [0.3, 0.4) is 0 Å². The van der Waals surface area contributed by atoms with Gasteiger partial charge in [-0.25, -0.2) is 9.97 Å². The number of hydrogen-bond acceptors (Lipinski definition) is 5. The van der Waals surface area contributed by atoms with E-state index in [2.05, 4.69) is 20.3 Å². The molecule has 18 heavy (non-hydrogen) atoms. The van der Waals surface area contributed by atoms with Crippen molar-refractivity contribution in [3.63, 3.8) is 0 Å². The first kappa shape index (κ1) is 12.3. The highest BCUT2D eigenvalue weighted by atomic mass is 16.5. The lowest BCUT2D eigenvalue weighted by atomic mass is 10.1. The molecule has 1 N–H and O–H groups in total. The SMILES string of the molecule is CCNc1ncnc(-c2cncc(C)c2)c1OC. The maximum absolute atomic E-state index is 5.41. The van der Waals surface area contributed by atoms with Gasteiger partial charge in [0.1, 0.15) is 12.0 Å². The van der Waals surface area contributed by atoms with Crippen molar-refractivity contribution in [2.75, 3.05) is 19.0 Å². The van der Waals surface area contributed by atoms with Gasteiger partial charge in [-0.2, -0.15) is 0 Å². The third-order valence-electron chi connectivity index (χ3n) is 2.50. The molecule has 0 atom stereocenters. The van der Waals surface area contributed by atoms with Crippen LogP contribution in [0.15, 0.2) is 24.8 Å². The average Bonchev–Trinajstić information content (AvgIpc) is 2.39. The van der Waals surface area contributed by atoms with Crippen LogP contribution in [-0.4, -0.2) is 28.6 Å². The molecule has 2 heterocycles. The second-order valence-corrected chi connectivity index (χ2v) is 3.89. The zero-order valence-electron chi connectivity index (χ0n) is 10.8. The maximum Gasteiger partial charge on any atom is 0.187 e. The monoisotopic (exact) mass is 244 g/mol. The molecule has 0 bridgehead atoms. The Balaban J connectivity index is 2.53. The normalized spacial score (nSPS) is 10.2. The lowest BCUT2D eigenvalue weighted by molar-refractivity contribution is 0.414. The van der Waals surface area contributed by atoms with Gasteiger partial charge in [-0.05, 0) is 25.5 Å². The molecule has 0 aliphatic rings. The molecule has 2 aromatic rings. The summed E-state index contributed by atoms with van der Waals surface area (Å²) in [5.41, 5.74) is 2.76. The summed E-state index contributed by atoms with van der Waals surface area (Å²) in [5.74, 6) is 1.35. The summed E-state index contributed by atoms with van der Waals surface area (Å²) in [6.45, 7) is 4.78. The van der Waals surface area contributed by atoms with Crippen LogP contribution in [0.2, 0.25) is 0 Å². The third kappa shape index (κ3) is 2.40. The fourth-order valence-electron chi connectivity index (χ4n) is 1.75. The third-order valence-corrected chi connectivity index (χ3v) is 2.50. The van der Waals surface area contributed by atoms with Crippen molar-refractivity contribution < 1.29 is 4.74 Å². The predicted molar refractivity (Wildman–Crippen MR) is 70.7 cm³/mol. The number of aromatic nitrogens is 3. The molecule has 0 radical (unpaired) electrons. The lowest BCUT2D eigenvalue weighted by Crippen LogP contribution is -2.04. The van der Waals surface area contributed by atoms with Crippen LogP contribution < -0.4 is 10.1 Å². The Morgan fingerprint density at radius 3 is 2.78 bits per heavy atom. The Morgan fingerprint density at radius 1 is 1.28 bits per heavy atom. The highest BCUT2D eigenvalue weighted by Gasteiger charge is 2.13. The van der Waals surface area contributed by atoms with E-state index in [1.165, 1.54) is 6.33 Å². The molecule has 0 saturated carbocycles. The van der Waals surface area contributed by atoms with Gasteiger partial charge in [0, 0.05) is 24.5 Å². The van der Waals surface area contributed by atoms with Gasteiger partial charge in [0.25, 0.3) is 0 Å². The Bertz CT molecular complexity index is 542. The molecule has 0 saturated heterocycles. The van der Waals surface area contributed by atoms with Crippen molar-refractivity contribution in [3.8, 4) is 17.0 Å². The summed E-state index contributed by atoms with van der Waals surface area (Å²) in [5, 5.41) is 3.16. The van der Waals surface area contributed by atoms with E-state index in [0.717, 1.165) is 23.4 Å². The van der Waals surface area contributed by atoms with Gasteiger partial charge in [0.05, 0.1) is 7.11 Å². The van der Waals surface area contributed by atoms with Gasteiger partial charge < -0.3 is 10.1 Å². The molecule has 0 unspecified atom stereocenters. The molecular weight excluding hydrogens is 228 g/mol. The van der Waals surface area contributed by atoms with E-state index in [4.69, 9.17) is 4.74 Å². The summed E-state index contributed by atoms with van der Waals surface area (Å²) in [4.78, 5) is 12.6. The van der Waals surface area contributed by atoms with Gasteiger partial charge >= 0.3 is 0 Å².